The second kappa shape index (κ2) is 2.22. The second-order valence-corrected chi connectivity index (χ2v) is 2.46. The molecule has 0 aromatic rings. The van der Waals surface area contributed by atoms with Gasteiger partial charge >= 0.3 is 0 Å². The largest absolute Gasteiger partial charge is 0.0988 e. The van der Waals surface area contributed by atoms with Gasteiger partial charge in [0.15, 0.2) is 0 Å². The Kier molecular flexibility index (Phi) is 1.56. The van der Waals surface area contributed by atoms with Gasteiger partial charge in [0.25, 0.3) is 0 Å². The minimum Gasteiger partial charge on any atom is -0.0988 e. The molecule has 0 N–H and O–H groups in total. The Morgan fingerprint density at radius 2 is 2.11 bits per heavy atom. The predicted molar refractivity (Wildman–Crippen MR) is 41.3 cm³/mol. The summed E-state index contributed by atoms with van der Waals surface area (Å²) in [4.78, 5) is 0. The average Bonchev–Trinajstić information content (AvgIpc) is 2.15. The van der Waals surface area contributed by atoms with Gasteiger partial charge in [-0.2, -0.15) is 0 Å². The molecule has 0 saturated heterocycles. The monoisotopic (exact) mass is 120 g/mol. The van der Waals surface area contributed by atoms with Gasteiger partial charge in [-0.3, -0.25) is 0 Å². The Morgan fingerprint density at radius 1 is 1.44 bits per heavy atom. The molecular weight excluding hydrogens is 108 g/mol. The normalized spacial score (nSPS) is 19.0. The zero-order valence-electron chi connectivity index (χ0n) is 5.91. The van der Waals surface area contributed by atoms with E-state index in [4.69, 9.17) is 0 Å². The number of hydrogen-bond acceptors (Lipinski definition) is 0. The van der Waals surface area contributed by atoms with Crippen molar-refractivity contribution < 1.29 is 0 Å². The lowest BCUT2D eigenvalue weighted by Gasteiger charge is -1.92. The first-order valence-electron chi connectivity index (χ1n) is 3.26. The lowest BCUT2D eigenvalue weighted by Crippen LogP contribution is -1.72. The highest BCUT2D eigenvalue weighted by Gasteiger charge is 2.10. The van der Waals surface area contributed by atoms with Crippen molar-refractivity contribution in [3.8, 4) is 0 Å². The van der Waals surface area contributed by atoms with Crippen LogP contribution in [0.5, 0.6) is 0 Å². The van der Waals surface area contributed by atoms with Gasteiger partial charge in [-0.1, -0.05) is 24.8 Å². The van der Waals surface area contributed by atoms with E-state index in [-0.39, 0.29) is 0 Å². The molecule has 0 heteroatoms. The van der Waals surface area contributed by atoms with Crippen molar-refractivity contribution in [2.45, 2.75) is 19.8 Å². The van der Waals surface area contributed by atoms with E-state index in [1.165, 1.54) is 16.7 Å². The molecule has 0 unspecified atom stereocenters. The summed E-state index contributed by atoms with van der Waals surface area (Å²) < 4.78 is 0. The molecule has 0 atom stereocenters. The van der Waals surface area contributed by atoms with Crippen LogP contribution in [0.2, 0.25) is 0 Å². The summed E-state index contributed by atoms with van der Waals surface area (Å²) in [5, 5.41) is 0. The van der Waals surface area contributed by atoms with Gasteiger partial charge in [0, 0.05) is 0 Å². The van der Waals surface area contributed by atoms with E-state index in [2.05, 4.69) is 20.1 Å². The van der Waals surface area contributed by atoms with Crippen LogP contribution < -0.4 is 0 Å². The van der Waals surface area contributed by atoms with Crippen LogP contribution in [-0.4, -0.2) is 0 Å². The van der Waals surface area contributed by atoms with E-state index in [9.17, 15) is 0 Å². The van der Waals surface area contributed by atoms with Crippen molar-refractivity contribution in [3.05, 3.63) is 36.0 Å². The summed E-state index contributed by atoms with van der Waals surface area (Å²) in [5.74, 6) is 0. The zero-order valence-corrected chi connectivity index (χ0v) is 5.91. The van der Waals surface area contributed by atoms with Crippen molar-refractivity contribution in [1.82, 2.24) is 0 Å². The average molecular weight is 120 g/mol. The van der Waals surface area contributed by atoms with Gasteiger partial charge in [0.2, 0.25) is 0 Å². The highest BCUT2D eigenvalue weighted by Crippen LogP contribution is 2.29. The molecule has 0 nitrogen and oxygen atoms in total. The van der Waals surface area contributed by atoms with Gasteiger partial charge in [0.05, 0.1) is 0 Å². The van der Waals surface area contributed by atoms with Crippen molar-refractivity contribution in [2.24, 2.45) is 0 Å². The molecule has 9 heavy (non-hydrogen) atoms. The standard InChI is InChI=1S/C9H12/c1-4-9-6-5-7(2)8(9)3/h4H,1-2,5-6H2,3H3. The Hall–Kier alpha value is -0.780. The third kappa shape index (κ3) is 0.973. The van der Waals surface area contributed by atoms with Gasteiger partial charge in [-0.15, -0.1) is 0 Å². The van der Waals surface area contributed by atoms with Crippen LogP contribution in [0.25, 0.3) is 0 Å². The van der Waals surface area contributed by atoms with Crippen molar-refractivity contribution >= 4 is 0 Å². The van der Waals surface area contributed by atoms with Crippen molar-refractivity contribution in [3.63, 3.8) is 0 Å². The van der Waals surface area contributed by atoms with E-state index in [1.807, 2.05) is 6.08 Å². The summed E-state index contributed by atoms with van der Waals surface area (Å²) in [6.45, 7) is 9.77. The molecule has 0 fully saturated rings. The summed E-state index contributed by atoms with van der Waals surface area (Å²) >= 11 is 0. The lowest BCUT2D eigenvalue weighted by molar-refractivity contribution is 1.04. The van der Waals surface area contributed by atoms with Crippen LogP contribution >= 0.6 is 0 Å². The molecule has 1 aliphatic rings. The predicted octanol–water partition coefficient (Wildman–Crippen LogP) is 2.84. The van der Waals surface area contributed by atoms with Crippen LogP contribution in [0.3, 0.4) is 0 Å². The molecule has 0 amide bonds. The first-order valence-corrected chi connectivity index (χ1v) is 3.26. The highest BCUT2D eigenvalue weighted by atomic mass is 14.2. The summed E-state index contributed by atoms with van der Waals surface area (Å²) in [6, 6.07) is 0. The third-order valence-corrected chi connectivity index (χ3v) is 1.95. The van der Waals surface area contributed by atoms with Crippen LogP contribution in [0.1, 0.15) is 19.8 Å². The Labute approximate surface area is 56.6 Å². The Bertz CT molecular complexity index is 182. The van der Waals surface area contributed by atoms with Crippen LogP contribution in [0.15, 0.2) is 36.0 Å². The van der Waals surface area contributed by atoms with Crippen LogP contribution in [0.4, 0.5) is 0 Å². The summed E-state index contributed by atoms with van der Waals surface area (Å²) in [5.41, 5.74) is 4.01. The Balaban J connectivity index is 2.92. The van der Waals surface area contributed by atoms with E-state index >= 15 is 0 Å². The van der Waals surface area contributed by atoms with E-state index in [0.29, 0.717) is 0 Å². The Morgan fingerprint density at radius 3 is 2.33 bits per heavy atom. The van der Waals surface area contributed by atoms with Crippen LogP contribution in [-0.2, 0) is 0 Å². The maximum Gasteiger partial charge on any atom is -0.0236 e. The minimum absolute atomic E-state index is 1.13. The molecule has 0 aromatic carbocycles. The fourth-order valence-electron chi connectivity index (χ4n) is 1.14. The molecule has 0 spiro atoms. The van der Waals surface area contributed by atoms with Gasteiger partial charge in [-0.25, -0.2) is 0 Å². The second-order valence-electron chi connectivity index (χ2n) is 2.46. The fourth-order valence-corrected chi connectivity index (χ4v) is 1.14. The number of allylic oxidation sites excluding steroid dienone is 4. The first kappa shape index (κ1) is 6.34. The van der Waals surface area contributed by atoms with Gasteiger partial charge < -0.3 is 0 Å². The smallest absolute Gasteiger partial charge is 0.0236 e. The maximum atomic E-state index is 3.93. The quantitative estimate of drug-likeness (QED) is 0.499. The molecule has 0 radical (unpaired) electrons. The van der Waals surface area contributed by atoms with Crippen LogP contribution in [0, 0.1) is 0 Å². The minimum atomic E-state index is 1.13. The topological polar surface area (TPSA) is 0 Å². The number of rotatable bonds is 1. The summed E-state index contributed by atoms with van der Waals surface area (Å²) in [7, 11) is 0. The fraction of sp³-hybridized carbons (Fsp3) is 0.333. The molecule has 0 bridgehead atoms. The maximum absolute atomic E-state index is 3.93. The molecular formula is C9H12. The summed E-state index contributed by atoms with van der Waals surface area (Å²) in [6.07, 6.45) is 4.22. The highest BCUT2D eigenvalue weighted by molar-refractivity contribution is 5.42. The van der Waals surface area contributed by atoms with E-state index in [1.54, 1.807) is 0 Å². The molecule has 48 valence electrons. The van der Waals surface area contributed by atoms with Crippen molar-refractivity contribution in [2.75, 3.05) is 0 Å². The zero-order chi connectivity index (χ0) is 6.85. The van der Waals surface area contributed by atoms with E-state index in [0.717, 1.165) is 12.8 Å². The molecule has 0 aromatic heterocycles. The molecule has 0 saturated carbocycles. The van der Waals surface area contributed by atoms with E-state index < -0.39 is 0 Å². The third-order valence-electron chi connectivity index (χ3n) is 1.95. The van der Waals surface area contributed by atoms with Gasteiger partial charge in [0.1, 0.15) is 0 Å². The lowest BCUT2D eigenvalue weighted by atomic mass is 10.1. The first-order chi connectivity index (χ1) is 4.25. The SMILES string of the molecule is C=CC1=C(C)C(=C)CC1. The van der Waals surface area contributed by atoms with Crippen molar-refractivity contribution in [1.29, 1.82) is 0 Å². The number of hydrogen-bond donors (Lipinski definition) is 0. The molecule has 1 aliphatic carbocycles. The molecule has 0 aliphatic heterocycles. The van der Waals surface area contributed by atoms with Gasteiger partial charge in [-0.05, 0) is 30.9 Å². The molecule has 0 heterocycles. The molecule has 1 rings (SSSR count).